The molecule has 0 unspecified atom stereocenters. The molecule has 2 aromatic carbocycles. The fraction of sp³-hybridized carbons (Fsp3) is 0.148. The molecule has 3 heterocycles. The molecule has 0 aliphatic rings. The molecule has 3 aromatic heterocycles. The van der Waals surface area contributed by atoms with Crippen LogP contribution in [-0.4, -0.2) is 37.3 Å². The molecule has 1 atom stereocenters. The number of fused-ring (bicyclic) bond motifs is 1. The Morgan fingerprint density at radius 2 is 1.87 bits per heavy atom. The number of amides is 2. The minimum atomic E-state index is -0.723. The molecule has 5 rings (SSSR count). The fourth-order valence-corrected chi connectivity index (χ4v) is 4.48. The predicted octanol–water partition coefficient (Wildman–Crippen LogP) is 3.51. The van der Waals surface area contributed by atoms with E-state index in [1.165, 1.54) is 13.4 Å². The van der Waals surface area contributed by atoms with E-state index in [1.807, 2.05) is 50.2 Å². The lowest BCUT2D eigenvalue weighted by atomic mass is 10.0. The summed E-state index contributed by atoms with van der Waals surface area (Å²) in [6, 6.07) is 15.0. The number of nitrogens with one attached hydrogen (secondary N) is 2. The molecular formula is C27H27N9O3. The molecule has 0 aliphatic carbocycles. The van der Waals surface area contributed by atoms with Crippen molar-refractivity contribution in [1.29, 1.82) is 0 Å². The minimum absolute atomic E-state index is 0.195. The summed E-state index contributed by atoms with van der Waals surface area (Å²) in [4.78, 5) is 33.8. The summed E-state index contributed by atoms with van der Waals surface area (Å²) in [5, 5.41) is 10.7. The molecule has 5 aromatic rings. The number of hydrogen-bond acceptors (Lipinski definition) is 8. The molecule has 0 saturated carbocycles. The number of hydrogen-bond donors (Lipinski definition) is 4. The molecule has 0 aliphatic heterocycles. The maximum atomic E-state index is 13.7. The zero-order chi connectivity index (χ0) is 27.7. The number of primary amides is 1. The van der Waals surface area contributed by atoms with Gasteiger partial charge in [0, 0.05) is 18.0 Å². The fourth-order valence-electron chi connectivity index (χ4n) is 4.48. The van der Waals surface area contributed by atoms with Crippen LogP contribution in [0.3, 0.4) is 0 Å². The number of carbonyl (C=O) groups excluding carboxylic acids is 1. The van der Waals surface area contributed by atoms with Gasteiger partial charge in [-0.05, 0) is 55.3 Å². The summed E-state index contributed by atoms with van der Waals surface area (Å²) in [5.74, 6) is 1.51. The lowest BCUT2D eigenvalue weighted by molar-refractivity contribution is 0.259. The Morgan fingerprint density at radius 3 is 2.59 bits per heavy atom. The number of para-hydroxylation sites is 1. The van der Waals surface area contributed by atoms with Crippen molar-refractivity contribution in [3.8, 4) is 22.6 Å². The zero-order valence-electron chi connectivity index (χ0n) is 21.5. The van der Waals surface area contributed by atoms with Gasteiger partial charge in [0.2, 0.25) is 0 Å². The normalized spacial score (nSPS) is 11.8. The van der Waals surface area contributed by atoms with Crippen molar-refractivity contribution in [3.63, 3.8) is 0 Å². The number of ether oxygens (including phenoxy) is 1. The molecule has 0 bridgehead atoms. The van der Waals surface area contributed by atoms with Gasteiger partial charge < -0.3 is 26.8 Å². The average molecular weight is 526 g/mol. The summed E-state index contributed by atoms with van der Waals surface area (Å²) < 4.78 is 8.58. The van der Waals surface area contributed by atoms with Gasteiger partial charge in [-0.3, -0.25) is 9.36 Å². The Bertz CT molecular complexity index is 1750. The van der Waals surface area contributed by atoms with Crippen molar-refractivity contribution in [2.24, 2.45) is 5.73 Å². The molecule has 2 amide bonds. The molecule has 0 spiro atoms. The van der Waals surface area contributed by atoms with E-state index in [4.69, 9.17) is 21.3 Å². The number of benzene rings is 2. The van der Waals surface area contributed by atoms with Crippen molar-refractivity contribution in [2.75, 3.05) is 23.5 Å². The van der Waals surface area contributed by atoms with Crippen molar-refractivity contribution >= 4 is 28.9 Å². The van der Waals surface area contributed by atoms with Gasteiger partial charge in [-0.2, -0.15) is 5.10 Å². The van der Waals surface area contributed by atoms with Gasteiger partial charge in [0.05, 0.1) is 24.4 Å². The number of nitrogens with zero attached hydrogens (tertiary/aromatic N) is 5. The van der Waals surface area contributed by atoms with Crippen molar-refractivity contribution < 1.29 is 9.53 Å². The first-order valence-corrected chi connectivity index (χ1v) is 12.1. The van der Waals surface area contributed by atoms with Crippen molar-refractivity contribution in [1.82, 2.24) is 24.1 Å². The van der Waals surface area contributed by atoms with Crippen LogP contribution in [0.4, 0.5) is 22.1 Å². The lowest BCUT2D eigenvalue weighted by Crippen LogP contribution is -2.29. The Labute approximate surface area is 223 Å². The molecule has 6 N–H and O–H groups in total. The summed E-state index contributed by atoms with van der Waals surface area (Å²) in [5.41, 5.74) is 14.9. The predicted molar refractivity (Wildman–Crippen MR) is 149 cm³/mol. The smallest absolute Gasteiger partial charge is 0.316 e. The highest BCUT2D eigenvalue weighted by Gasteiger charge is 2.22. The molecule has 198 valence electrons. The molecule has 12 nitrogen and oxygen atoms in total. The van der Waals surface area contributed by atoms with E-state index in [0.29, 0.717) is 45.4 Å². The largest absolute Gasteiger partial charge is 0.497 e. The molecule has 39 heavy (non-hydrogen) atoms. The van der Waals surface area contributed by atoms with Gasteiger partial charge in [0.1, 0.15) is 29.2 Å². The maximum Gasteiger partial charge on any atom is 0.316 e. The first-order chi connectivity index (χ1) is 18.8. The van der Waals surface area contributed by atoms with E-state index >= 15 is 0 Å². The monoisotopic (exact) mass is 525 g/mol. The van der Waals surface area contributed by atoms with Gasteiger partial charge in [0.15, 0.2) is 5.82 Å². The second-order valence-corrected chi connectivity index (χ2v) is 8.91. The van der Waals surface area contributed by atoms with Gasteiger partial charge in [-0.1, -0.05) is 18.2 Å². The lowest BCUT2D eigenvalue weighted by Gasteiger charge is -2.21. The number of urea groups is 1. The SMILES string of the molecule is COc1cc(NC(N)=O)cc(-c2c(N)ncnc2N[C@@H](C)c2nn3ccc(C)c3c(=O)n2-c2ccccc2)c1. The van der Waals surface area contributed by atoms with E-state index in [0.717, 1.165) is 5.56 Å². The number of aromatic nitrogens is 5. The van der Waals surface area contributed by atoms with Gasteiger partial charge in [-0.25, -0.2) is 19.3 Å². The molecular weight excluding hydrogens is 498 g/mol. The number of rotatable bonds is 7. The Hall–Kier alpha value is -5.39. The maximum absolute atomic E-state index is 13.7. The second-order valence-electron chi connectivity index (χ2n) is 8.91. The number of anilines is 3. The topological polar surface area (TPSA) is 167 Å². The highest BCUT2D eigenvalue weighted by molar-refractivity contribution is 5.91. The van der Waals surface area contributed by atoms with Crippen LogP contribution >= 0.6 is 0 Å². The van der Waals surface area contributed by atoms with E-state index in [-0.39, 0.29) is 11.4 Å². The first kappa shape index (κ1) is 25.3. The highest BCUT2D eigenvalue weighted by atomic mass is 16.5. The number of nitrogen functional groups attached to an aromatic ring is 1. The van der Waals surface area contributed by atoms with Crippen LogP contribution in [0.15, 0.2) is 71.9 Å². The summed E-state index contributed by atoms with van der Waals surface area (Å²) >= 11 is 0. The van der Waals surface area contributed by atoms with Crippen LogP contribution in [0, 0.1) is 6.92 Å². The van der Waals surface area contributed by atoms with Crippen LogP contribution in [0.5, 0.6) is 5.75 Å². The molecule has 0 radical (unpaired) electrons. The molecule has 0 saturated heterocycles. The second kappa shape index (κ2) is 10.2. The summed E-state index contributed by atoms with van der Waals surface area (Å²) in [6.45, 7) is 3.75. The minimum Gasteiger partial charge on any atom is -0.497 e. The number of methoxy groups -OCH3 is 1. The van der Waals surface area contributed by atoms with E-state index < -0.39 is 12.1 Å². The Balaban J connectivity index is 1.64. The van der Waals surface area contributed by atoms with Crippen LogP contribution in [0.1, 0.15) is 24.4 Å². The standard InChI is InChI=1S/C27H27N9O3/c1-15-9-10-35-22(15)26(37)36(19-7-5-4-6-8-19)25(34-35)16(2)32-24-21(23(28)30-14-31-24)17-11-18(33-27(29)38)13-20(12-17)39-3/h4-14,16H,1-3H3,(H3,29,33,38)(H3,28,30,31,32)/t16-/m0/s1. The van der Waals surface area contributed by atoms with Crippen LogP contribution in [-0.2, 0) is 0 Å². The summed E-state index contributed by atoms with van der Waals surface area (Å²) in [7, 11) is 1.51. The number of carbonyl (C=O) groups is 1. The summed E-state index contributed by atoms with van der Waals surface area (Å²) in [6.07, 6.45) is 3.10. The van der Waals surface area contributed by atoms with Gasteiger partial charge in [-0.15, -0.1) is 0 Å². The number of aryl methyl sites for hydroxylation is 1. The van der Waals surface area contributed by atoms with E-state index in [9.17, 15) is 9.59 Å². The number of nitrogens with two attached hydrogens (primary N) is 2. The van der Waals surface area contributed by atoms with Crippen molar-refractivity contribution in [3.05, 3.63) is 88.9 Å². The Kier molecular flexibility index (Phi) is 6.59. The zero-order valence-corrected chi connectivity index (χ0v) is 21.5. The quantitative estimate of drug-likeness (QED) is 0.250. The van der Waals surface area contributed by atoms with Crippen LogP contribution in [0.25, 0.3) is 22.3 Å². The third-order valence-electron chi connectivity index (χ3n) is 6.24. The van der Waals surface area contributed by atoms with Crippen LogP contribution in [0.2, 0.25) is 0 Å². The van der Waals surface area contributed by atoms with E-state index in [1.54, 1.807) is 33.5 Å². The van der Waals surface area contributed by atoms with Gasteiger partial charge >= 0.3 is 6.03 Å². The first-order valence-electron chi connectivity index (χ1n) is 12.1. The van der Waals surface area contributed by atoms with E-state index in [2.05, 4.69) is 20.6 Å². The van der Waals surface area contributed by atoms with Crippen molar-refractivity contribution in [2.45, 2.75) is 19.9 Å². The third kappa shape index (κ3) is 4.82. The molecule has 0 fully saturated rings. The molecule has 12 heteroatoms. The Morgan fingerprint density at radius 1 is 1.10 bits per heavy atom. The third-order valence-corrected chi connectivity index (χ3v) is 6.24. The van der Waals surface area contributed by atoms with Crippen LogP contribution < -0.4 is 32.4 Å². The van der Waals surface area contributed by atoms with Gasteiger partial charge in [0.25, 0.3) is 5.56 Å². The average Bonchev–Trinajstić information content (AvgIpc) is 3.29. The highest BCUT2D eigenvalue weighted by Crippen LogP contribution is 2.36.